The minimum Gasteiger partial charge on any atom is -0.389 e. The van der Waals surface area contributed by atoms with Crippen molar-refractivity contribution in [1.29, 1.82) is 0 Å². The first-order valence-electron chi connectivity index (χ1n) is 5.63. The maximum atomic E-state index is 12.1. The lowest BCUT2D eigenvalue weighted by atomic mass is 10.1. The van der Waals surface area contributed by atoms with Gasteiger partial charge in [0, 0.05) is 18.0 Å². The summed E-state index contributed by atoms with van der Waals surface area (Å²) in [5.74, 6) is -0.223. The van der Waals surface area contributed by atoms with Gasteiger partial charge in [-0.2, -0.15) is 0 Å². The highest BCUT2D eigenvalue weighted by Crippen LogP contribution is 2.13. The molecule has 0 bridgehead atoms. The molecule has 0 aliphatic rings. The predicted octanol–water partition coefficient (Wildman–Crippen LogP) is 1.05. The van der Waals surface area contributed by atoms with Gasteiger partial charge in [0.25, 0.3) is 0 Å². The first-order valence-corrected chi connectivity index (χ1v) is 7.69. The molecule has 0 aliphatic heterocycles. The van der Waals surface area contributed by atoms with E-state index in [9.17, 15) is 8.42 Å². The topological polar surface area (TPSA) is 98.0 Å². The van der Waals surface area contributed by atoms with Crippen LogP contribution in [-0.4, -0.2) is 23.4 Å². The van der Waals surface area contributed by atoms with Gasteiger partial charge in [-0.1, -0.05) is 36.5 Å². The molecule has 0 spiro atoms. The Labute approximate surface area is 122 Å². The molecule has 0 atom stereocenters. The maximum Gasteiger partial charge on any atom is 0.239 e. The van der Waals surface area contributed by atoms with E-state index >= 15 is 0 Å². The van der Waals surface area contributed by atoms with E-state index < -0.39 is 10.0 Å². The SMILES string of the molecule is NC(=S)c1ccccc1CS(=O)(=O)Nc1ncccn1. The molecule has 0 saturated carbocycles. The van der Waals surface area contributed by atoms with Gasteiger partial charge in [0.15, 0.2) is 0 Å². The monoisotopic (exact) mass is 308 g/mol. The number of sulfonamides is 1. The summed E-state index contributed by atoms with van der Waals surface area (Å²) in [5.41, 5.74) is 6.65. The molecule has 1 aromatic carbocycles. The van der Waals surface area contributed by atoms with Crippen LogP contribution in [-0.2, 0) is 15.8 Å². The van der Waals surface area contributed by atoms with Gasteiger partial charge >= 0.3 is 0 Å². The number of nitrogens with one attached hydrogen (secondary N) is 1. The Morgan fingerprint density at radius 2 is 1.85 bits per heavy atom. The summed E-state index contributed by atoms with van der Waals surface area (Å²) in [6, 6.07) is 8.43. The molecular formula is C12H12N4O2S2. The molecule has 0 aliphatic carbocycles. The Morgan fingerprint density at radius 1 is 1.20 bits per heavy atom. The van der Waals surface area contributed by atoms with Crippen molar-refractivity contribution in [3.05, 3.63) is 53.9 Å². The molecule has 1 aromatic heterocycles. The smallest absolute Gasteiger partial charge is 0.239 e. The molecule has 0 unspecified atom stereocenters. The molecule has 8 heteroatoms. The highest BCUT2D eigenvalue weighted by atomic mass is 32.2. The van der Waals surface area contributed by atoms with Crippen molar-refractivity contribution in [1.82, 2.24) is 9.97 Å². The first kappa shape index (κ1) is 14.4. The number of thiocarbonyl (C=S) groups is 1. The third-order valence-electron chi connectivity index (χ3n) is 2.44. The molecule has 20 heavy (non-hydrogen) atoms. The average Bonchev–Trinajstić information content (AvgIpc) is 2.39. The van der Waals surface area contributed by atoms with Gasteiger partial charge in [-0.25, -0.2) is 18.4 Å². The van der Waals surface area contributed by atoms with Crippen molar-refractivity contribution in [2.45, 2.75) is 5.75 Å². The van der Waals surface area contributed by atoms with Gasteiger partial charge in [-0.05, 0) is 11.6 Å². The van der Waals surface area contributed by atoms with E-state index in [1.807, 2.05) is 0 Å². The zero-order chi connectivity index (χ0) is 14.6. The summed E-state index contributed by atoms with van der Waals surface area (Å²) >= 11 is 4.91. The predicted molar refractivity (Wildman–Crippen MR) is 80.6 cm³/mol. The van der Waals surface area contributed by atoms with Crippen molar-refractivity contribution < 1.29 is 8.42 Å². The van der Waals surface area contributed by atoms with Crippen LogP contribution < -0.4 is 10.5 Å². The number of nitrogens with zero attached hydrogens (tertiary/aromatic N) is 2. The van der Waals surface area contributed by atoms with E-state index in [0.29, 0.717) is 11.1 Å². The standard InChI is InChI=1S/C12H12N4O2S2/c13-11(19)10-5-2-1-4-9(10)8-20(17,18)16-12-14-6-3-7-15-12/h1-7H,8H2,(H2,13,19)(H,14,15,16). The highest BCUT2D eigenvalue weighted by molar-refractivity contribution is 7.91. The Kier molecular flexibility index (Phi) is 4.26. The molecule has 1 heterocycles. The van der Waals surface area contributed by atoms with Crippen molar-refractivity contribution in [3.63, 3.8) is 0 Å². The van der Waals surface area contributed by atoms with Crippen LogP contribution in [0.15, 0.2) is 42.7 Å². The second-order valence-electron chi connectivity index (χ2n) is 3.95. The molecule has 3 N–H and O–H groups in total. The largest absolute Gasteiger partial charge is 0.389 e. The summed E-state index contributed by atoms with van der Waals surface area (Å²) in [6.45, 7) is 0. The molecule has 6 nitrogen and oxygen atoms in total. The fourth-order valence-electron chi connectivity index (χ4n) is 1.62. The van der Waals surface area contributed by atoms with Gasteiger partial charge in [0.05, 0.1) is 5.75 Å². The molecule has 2 rings (SSSR count). The highest BCUT2D eigenvalue weighted by Gasteiger charge is 2.16. The quantitative estimate of drug-likeness (QED) is 0.801. The third kappa shape index (κ3) is 3.72. The molecular weight excluding hydrogens is 296 g/mol. The zero-order valence-corrected chi connectivity index (χ0v) is 12.0. The fraction of sp³-hybridized carbons (Fsp3) is 0.0833. The lowest BCUT2D eigenvalue weighted by molar-refractivity contribution is 0.600. The average molecular weight is 308 g/mol. The van der Waals surface area contributed by atoms with Gasteiger partial charge in [0.2, 0.25) is 16.0 Å². The molecule has 2 aromatic rings. The number of anilines is 1. The summed E-state index contributed by atoms with van der Waals surface area (Å²) in [4.78, 5) is 7.78. The van der Waals surface area contributed by atoms with Gasteiger partial charge < -0.3 is 5.73 Å². The van der Waals surface area contributed by atoms with Crippen molar-refractivity contribution >= 4 is 33.2 Å². The number of hydrogen-bond donors (Lipinski definition) is 2. The molecule has 0 radical (unpaired) electrons. The van der Waals surface area contributed by atoms with Gasteiger partial charge in [0.1, 0.15) is 4.99 Å². The molecule has 0 fully saturated rings. The second kappa shape index (κ2) is 5.93. The first-order chi connectivity index (χ1) is 9.48. The van der Waals surface area contributed by atoms with E-state index in [1.165, 1.54) is 12.4 Å². The van der Waals surface area contributed by atoms with Crippen LogP contribution in [0.1, 0.15) is 11.1 Å². The summed E-state index contributed by atoms with van der Waals surface area (Å²) in [6.07, 6.45) is 2.90. The zero-order valence-electron chi connectivity index (χ0n) is 10.4. The van der Waals surface area contributed by atoms with Crippen LogP contribution in [0.4, 0.5) is 5.95 Å². The van der Waals surface area contributed by atoms with Crippen molar-refractivity contribution in [3.8, 4) is 0 Å². The minimum atomic E-state index is -3.63. The van der Waals surface area contributed by atoms with Gasteiger partial charge in [-0.15, -0.1) is 0 Å². The number of benzene rings is 1. The van der Waals surface area contributed by atoms with E-state index in [2.05, 4.69) is 14.7 Å². The lowest BCUT2D eigenvalue weighted by Gasteiger charge is -2.09. The molecule has 0 saturated heterocycles. The van der Waals surface area contributed by atoms with Crippen molar-refractivity contribution in [2.75, 3.05) is 4.72 Å². The second-order valence-corrected chi connectivity index (χ2v) is 6.12. The fourth-order valence-corrected chi connectivity index (χ4v) is 2.93. The van der Waals surface area contributed by atoms with E-state index in [0.717, 1.165) is 0 Å². The number of aromatic nitrogens is 2. The Balaban J connectivity index is 2.23. The van der Waals surface area contributed by atoms with E-state index in [-0.39, 0.29) is 16.7 Å². The van der Waals surface area contributed by atoms with Gasteiger partial charge in [-0.3, -0.25) is 4.72 Å². The van der Waals surface area contributed by atoms with Crippen LogP contribution in [0.5, 0.6) is 0 Å². The Hall–Kier alpha value is -2.06. The molecule has 0 amide bonds. The third-order valence-corrected chi connectivity index (χ3v) is 3.85. The van der Waals surface area contributed by atoms with Crippen LogP contribution >= 0.6 is 12.2 Å². The maximum absolute atomic E-state index is 12.1. The van der Waals surface area contributed by atoms with Crippen LogP contribution in [0.2, 0.25) is 0 Å². The molecule has 104 valence electrons. The number of rotatable bonds is 5. The Bertz CT molecular complexity index is 717. The normalized spacial score (nSPS) is 11.0. The summed E-state index contributed by atoms with van der Waals surface area (Å²) in [7, 11) is -3.63. The summed E-state index contributed by atoms with van der Waals surface area (Å²) < 4.78 is 26.4. The lowest BCUT2D eigenvalue weighted by Crippen LogP contribution is -2.19. The van der Waals surface area contributed by atoms with Crippen LogP contribution in [0.25, 0.3) is 0 Å². The van der Waals surface area contributed by atoms with E-state index in [4.69, 9.17) is 18.0 Å². The van der Waals surface area contributed by atoms with Crippen LogP contribution in [0.3, 0.4) is 0 Å². The minimum absolute atomic E-state index is 0.0281. The van der Waals surface area contributed by atoms with Crippen molar-refractivity contribution in [2.24, 2.45) is 5.73 Å². The van der Waals surface area contributed by atoms with E-state index in [1.54, 1.807) is 30.3 Å². The van der Waals surface area contributed by atoms with Crippen LogP contribution in [0, 0.1) is 0 Å². The summed E-state index contributed by atoms with van der Waals surface area (Å²) in [5, 5.41) is 0. The Morgan fingerprint density at radius 3 is 2.50 bits per heavy atom. The number of nitrogens with two attached hydrogens (primary N) is 1. The number of hydrogen-bond acceptors (Lipinski definition) is 5.